The van der Waals surface area contributed by atoms with Gasteiger partial charge in [-0.3, -0.25) is 14.4 Å². The molecular formula is C29H47N3O5. The van der Waals surface area contributed by atoms with Crippen molar-refractivity contribution >= 4 is 17.7 Å². The maximum absolute atomic E-state index is 14.5. The maximum Gasteiger partial charge on any atom is 0.248 e. The second-order valence-corrected chi connectivity index (χ2v) is 11.9. The number of likely N-dealkylation sites (tertiary alicyclic amines) is 1. The van der Waals surface area contributed by atoms with Crippen LogP contribution < -0.4 is 0 Å². The fourth-order valence-corrected chi connectivity index (χ4v) is 7.19. The molecular weight excluding hydrogens is 470 g/mol. The van der Waals surface area contributed by atoms with Gasteiger partial charge >= 0.3 is 0 Å². The summed E-state index contributed by atoms with van der Waals surface area (Å²) < 4.78 is 6.83. The van der Waals surface area contributed by atoms with Crippen molar-refractivity contribution in [1.82, 2.24) is 14.7 Å². The quantitative estimate of drug-likeness (QED) is 0.402. The first kappa shape index (κ1) is 29.4. The first-order valence-corrected chi connectivity index (χ1v) is 13.8. The van der Waals surface area contributed by atoms with Gasteiger partial charge in [-0.15, -0.1) is 13.2 Å². The van der Waals surface area contributed by atoms with Gasteiger partial charge in [0.1, 0.15) is 11.6 Å². The zero-order chi connectivity index (χ0) is 27.9. The number of carbonyl (C=O) groups is 3. The molecule has 8 nitrogen and oxygen atoms in total. The van der Waals surface area contributed by atoms with Gasteiger partial charge < -0.3 is 24.5 Å². The lowest BCUT2D eigenvalue weighted by Crippen LogP contribution is -2.60. The zero-order valence-corrected chi connectivity index (χ0v) is 23.8. The van der Waals surface area contributed by atoms with Crippen molar-refractivity contribution in [3.63, 3.8) is 0 Å². The number of rotatable bonds is 12. The Morgan fingerprint density at radius 2 is 1.84 bits per heavy atom. The standard InChI is InChI=1S/C29H47N3O5/c1-10-13-20(7)31(15-12-3)27(36)24-29-16-19(6)28(8,37-29)22(25(34)30(9)14-11-2)23(29)26(35)32(24)21(17-33)18(4)5/h11-12,18-24,33H,2-3,10,13-17H2,1,4-9H3/t19?,20?,21-,22-,23-,24?,28+,29?/m0/s1. The van der Waals surface area contributed by atoms with E-state index < -0.39 is 35.1 Å². The van der Waals surface area contributed by atoms with Gasteiger partial charge in [-0.1, -0.05) is 46.3 Å². The van der Waals surface area contributed by atoms with Crippen molar-refractivity contribution in [1.29, 1.82) is 0 Å². The number of carbonyl (C=O) groups excluding carboxylic acids is 3. The molecule has 0 aromatic heterocycles. The Morgan fingerprint density at radius 1 is 1.22 bits per heavy atom. The second kappa shape index (κ2) is 10.9. The minimum Gasteiger partial charge on any atom is -0.394 e. The molecule has 37 heavy (non-hydrogen) atoms. The summed E-state index contributed by atoms with van der Waals surface area (Å²) in [5.74, 6) is -2.28. The summed E-state index contributed by atoms with van der Waals surface area (Å²) in [7, 11) is 1.71. The molecule has 208 valence electrons. The highest BCUT2D eigenvalue weighted by Gasteiger charge is 2.80. The highest BCUT2D eigenvalue weighted by atomic mass is 16.5. The van der Waals surface area contributed by atoms with Crippen molar-refractivity contribution in [2.24, 2.45) is 23.7 Å². The lowest BCUT2D eigenvalue weighted by Gasteiger charge is -2.42. The average molecular weight is 518 g/mol. The van der Waals surface area contributed by atoms with E-state index in [0.29, 0.717) is 19.5 Å². The first-order valence-electron chi connectivity index (χ1n) is 13.8. The fourth-order valence-electron chi connectivity index (χ4n) is 7.19. The van der Waals surface area contributed by atoms with Crippen LogP contribution in [0.15, 0.2) is 25.3 Å². The molecule has 3 rings (SSSR count). The van der Waals surface area contributed by atoms with Crippen molar-refractivity contribution in [2.45, 2.75) is 90.1 Å². The molecule has 0 saturated carbocycles. The molecule has 0 aliphatic carbocycles. The third-order valence-corrected chi connectivity index (χ3v) is 9.19. The molecule has 1 N–H and O–H groups in total. The molecule has 3 saturated heterocycles. The van der Waals surface area contributed by atoms with Gasteiger partial charge in [0, 0.05) is 26.2 Å². The molecule has 3 fully saturated rings. The van der Waals surface area contributed by atoms with E-state index >= 15 is 0 Å². The number of hydrogen-bond acceptors (Lipinski definition) is 5. The summed E-state index contributed by atoms with van der Waals surface area (Å²) in [6, 6.07) is -1.55. The molecule has 3 aliphatic heterocycles. The van der Waals surface area contributed by atoms with E-state index in [-0.39, 0.29) is 42.2 Å². The molecule has 3 heterocycles. The van der Waals surface area contributed by atoms with Crippen molar-refractivity contribution in [3.8, 4) is 0 Å². The van der Waals surface area contributed by atoms with Gasteiger partial charge in [0.05, 0.1) is 30.1 Å². The smallest absolute Gasteiger partial charge is 0.248 e. The highest BCUT2D eigenvalue weighted by Crippen LogP contribution is 2.66. The van der Waals surface area contributed by atoms with E-state index in [0.717, 1.165) is 12.8 Å². The van der Waals surface area contributed by atoms with E-state index in [2.05, 4.69) is 20.1 Å². The number of aliphatic hydroxyl groups is 1. The van der Waals surface area contributed by atoms with Gasteiger partial charge in [0.2, 0.25) is 17.7 Å². The Hall–Kier alpha value is -2.19. The van der Waals surface area contributed by atoms with Gasteiger partial charge in [-0.2, -0.15) is 0 Å². The van der Waals surface area contributed by atoms with Crippen LogP contribution in [0.5, 0.6) is 0 Å². The Kier molecular flexibility index (Phi) is 8.64. The number of aliphatic hydroxyl groups excluding tert-OH is 1. The molecule has 0 aromatic rings. The molecule has 0 radical (unpaired) electrons. The Bertz CT molecular complexity index is 921. The van der Waals surface area contributed by atoms with Gasteiger partial charge in [0.25, 0.3) is 0 Å². The Labute approximate surface area is 222 Å². The minimum absolute atomic E-state index is 0.0366. The van der Waals surface area contributed by atoms with Crippen LogP contribution in [-0.4, -0.2) is 93.6 Å². The number of amides is 3. The van der Waals surface area contributed by atoms with E-state index in [1.807, 2.05) is 34.6 Å². The number of nitrogens with zero attached hydrogens (tertiary/aromatic N) is 3. The van der Waals surface area contributed by atoms with Crippen LogP contribution >= 0.6 is 0 Å². The lowest BCUT2D eigenvalue weighted by molar-refractivity contribution is -0.159. The van der Waals surface area contributed by atoms with E-state index in [4.69, 9.17) is 4.74 Å². The lowest BCUT2D eigenvalue weighted by atomic mass is 9.62. The summed E-state index contributed by atoms with van der Waals surface area (Å²) in [6.45, 7) is 20.0. The SMILES string of the molecule is C=CCN(C)C(=O)[C@@H]1[C@H]2C(=O)N([C@@H](CO)C(C)C)C(C(=O)N(CC=C)C(C)CCC)C23CC(C)[C@@]1(C)O3. The third-order valence-electron chi connectivity index (χ3n) is 9.19. The maximum atomic E-state index is 14.5. The summed E-state index contributed by atoms with van der Waals surface area (Å²) >= 11 is 0. The number of likely N-dealkylation sites (N-methyl/N-ethyl adjacent to an activating group) is 1. The minimum atomic E-state index is -1.13. The molecule has 0 aromatic carbocycles. The van der Waals surface area contributed by atoms with Crippen LogP contribution in [0.3, 0.4) is 0 Å². The second-order valence-electron chi connectivity index (χ2n) is 11.9. The van der Waals surface area contributed by atoms with E-state index in [9.17, 15) is 19.5 Å². The zero-order valence-electron chi connectivity index (χ0n) is 23.8. The summed E-state index contributed by atoms with van der Waals surface area (Å²) in [6.07, 6.45) is 5.59. The molecule has 8 atom stereocenters. The van der Waals surface area contributed by atoms with Crippen LogP contribution in [0.25, 0.3) is 0 Å². The Balaban J connectivity index is 2.20. The largest absolute Gasteiger partial charge is 0.394 e. The molecule has 2 bridgehead atoms. The predicted octanol–water partition coefficient (Wildman–Crippen LogP) is 2.86. The van der Waals surface area contributed by atoms with Gasteiger partial charge in [0.15, 0.2) is 0 Å². The number of ether oxygens (including phenoxy) is 1. The Morgan fingerprint density at radius 3 is 2.35 bits per heavy atom. The third kappa shape index (κ3) is 4.44. The fraction of sp³-hybridized carbons (Fsp3) is 0.759. The van der Waals surface area contributed by atoms with Crippen LogP contribution in [-0.2, 0) is 19.1 Å². The molecule has 3 aliphatic rings. The van der Waals surface area contributed by atoms with Crippen molar-refractivity contribution in [2.75, 3.05) is 26.7 Å². The monoisotopic (exact) mass is 517 g/mol. The molecule has 1 spiro atoms. The number of hydrogen-bond donors (Lipinski definition) is 1. The van der Waals surface area contributed by atoms with Crippen LogP contribution in [0.2, 0.25) is 0 Å². The van der Waals surface area contributed by atoms with E-state index in [1.165, 1.54) is 0 Å². The summed E-state index contributed by atoms with van der Waals surface area (Å²) in [5, 5.41) is 10.4. The van der Waals surface area contributed by atoms with Crippen LogP contribution in [0.4, 0.5) is 0 Å². The molecule has 4 unspecified atom stereocenters. The van der Waals surface area contributed by atoms with Crippen LogP contribution in [0, 0.1) is 23.7 Å². The van der Waals surface area contributed by atoms with Gasteiger partial charge in [-0.25, -0.2) is 0 Å². The molecule has 8 heteroatoms. The van der Waals surface area contributed by atoms with Gasteiger partial charge in [-0.05, 0) is 38.5 Å². The molecule has 3 amide bonds. The van der Waals surface area contributed by atoms with E-state index in [1.54, 1.807) is 33.9 Å². The van der Waals surface area contributed by atoms with Crippen LogP contribution in [0.1, 0.15) is 60.8 Å². The topological polar surface area (TPSA) is 90.4 Å². The summed E-state index contributed by atoms with van der Waals surface area (Å²) in [5.41, 5.74) is -2.01. The number of fused-ring (bicyclic) bond motifs is 1. The summed E-state index contributed by atoms with van der Waals surface area (Å²) in [4.78, 5) is 47.6. The normalized spacial score (nSPS) is 33.9. The predicted molar refractivity (Wildman–Crippen MR) is 143 cm³/mol. The average Bonchev–Trinajstić information content (AvgIpc) is 3.34. The first-order chi connectivity index (χ1) is 17.4. The van der Waals surface area contributed by atoms with Crippen molar-refractivity contribution in [3.05, 3.63) is 25.3 Å². The van der Waals surface area contributed by atoms with Crippen molar-refractivity contribution < 1.29 is 24.2 Å². The highest BCUT2D eigenvalue weighted by molar-refractivity contribution is 5.99.